The molecule has 6 nitrogen and oxygen atoms in total. The lowest BCUT2D eigenvalue weighted by molar-refractivity contribution is -0.117. The van der Waals surface area contributed by atoms with E-state index in [1.54, 1.807) is 12.1 Å². The Kier molecular flexibility index (Phi) is 7.19. The summed E-state index contributed by atoms with van der Waals surface area (Å²) in [4.78, 5) is 23.7. The van der Waals surface area contributed by atoms with Crippen molar-refractivity contribution in [3.8, 4) is 11.5 Å². The van der Waals surface area contributed by atoms with Gasteiger partial charge in [-0.3, -0.25) is 20.4 Å². The molecule has 2 aromatic carbocycles. The monoisotopic (exact) mass is 392 g/mol. The first-order valence-electron chi connectivity index (χ1n) is 7.99. The van der Waals surface area contributed by atoms with Crippen LogP contribution in [0, 0.1) is 5.82 Å². The van der Waals surface area contributed by atoms with E-state index in [0.29, 0.717) is 28.7 Å². The number of hydrazine groups is 1. The molecule has 0 aromatic heterocycles. The number of amides is 2. The van der Waals surface area contributed by atoms with Gasteiger partial charge in [-0.2, -0.15) is 0 Å². The molecule has 0 heterocycles. The predicted molar refractivity (Wildman–Crippen MR) is 100 cm³/mol. The molecule has 0 saturated heterocycles. The third-order valence-electron chi connectivity index (χ3n) is 3.38. The third kappa shape index (κ3) is 5.46. The molecular formula is C19H18ClFN2O4. The lowest BCUT2D eigenvalue weighted by atomic mass is 10.2. The molecule has 0 bridgehead atoms. The van der Waals surface area contributed by atoms with Crippen molar-refractivity contribution in [2.24, 2.45) is 0 Å². The molecule has 0 aliphatic rings. The fourth-order valence-electron chi connectivity index (χ4n) is 2.19. The number of methoxy groups -OCH3 is 1. The molecule has 0 saturated carbocycles. The van der Waals surface area contributed by atoms with Gasteiger partial charge in [0.25, 0.3) is 11.8 Å². The van der Waals surface area contributed by atoms with Gasteiger partial charge in [-0.05, 0) is 42.8 Å². The van der Waals surface area contributed by atoms with Crippen LogP contribution in [0.3, 0.4) is 0 Å². The highest BCUT2D eigenvalue weighted by Gasteiger charge is 2.12. The van der Waals surface area contributed by atoms with Crippen LogP contribution in [0.5, 0.6) is 11.5 Å². The van der Waals surface area contributed by atoms with Gasteiger partial charge in [0.05, 0.1) is 24.3 Å². The Balaban J connectivity index is 2.02. The van der Waals surface area contributed by atoms with Gasteiger partial charge in [-0.1, -0.05) is 23.7 Å². The van der Waals surface area contributed by atoms with Crippen molar-refractivity contribution in [3.05, 3.63) is 64.4 Å². The summed E-state index contributed by atoms with van der Waals surface area (Å²) < 4.78 is 24.2. The van der Waals surface area contributed by atoms with Gasteiger partial charge in [0.15, 0.2) is 11.5 Å². The largest absolute Gasteiger partial charge is 0.491 e. The van der Waals surface area contributed by atoms with Crippen LogP contribution < -0.4 is 20.3 Å². The Morgan fingerprint density at radius 1 is 1.22 bits per heavy atom. The summed E-state index contributed by atoms with van der Waals surface area (Å²) in [6.45, 7) is 2.24. The molecule has 0 spiro atoms. The van der Waals surface area contributed by atoms with E-state index in [1.165, 1.54) is 37.5 Å². The van der Waals surface area contributed by atoms with E-state index in [0.717, 1.165) is 6.07 Å². The van der Waals surface area contributed by atoms with Gasteiger partial charge in [-0.25, -0.2) is 4.39 Å². The summed E-state index contributed by atoms with van der Waals surface area (Å²) in [7, 11) is 1.48. The van der Waals surface area contributed by atoms with Gasteiger partial charge in [0.1, 0.15) is 5.82 Å². The average Bonchev–Trinajstić information content (AvgIpc) is 2.65. The molecule has 27 heavy (non-hydrogen) atoms. The van der Waals surface area contributed by atoms with Crippen LogP contribution in [-0.2, 0) is 4.79 Å². The molecule has 0 aliphatic carbocycles. The average molecular weight is 393 g/mol. The van der Waals surface area contributed by atoms with E-state index in [-0.39, 0.29) is 5.56 Å². The van der Waals surface area contributed by atoms with E-state index < -0.39 is 17.6 Å². The van der Waals surface area contributed by atoms with Crippen molar-refractivity contribution in [2.75, 3.05) is 13.7 Å². The van der Waals surface area contributed by atoms with Crippen molar-refractivity contribution in [1.82, 2.24) is 10.9 Å². The van der Waals surface area contributed by atoms with Crippen molar-refractivity contribution in [3.63, 3.8) is 0 Å². The van der Waals surface area contributed by atoms with Crippen molar-refractivity contribution in [1.29, 1.82) is 0 Å². The number of carbonyl (C=O) groups excluding carboxylic acids is 2. The maximum Gasteiger partial charge on any atom is 0.272 e. The van der Waals surface area contributed by atoms with E-state index in [9.17, 15) is 14.0 Å². The van der Waals surface area contributed by atoms with Crippen LogP contribution in [0.2, 0.25) is 5.02 Å². The summed E-state index contributed by atoms with van der Waals surface area (Å²) in [5, 5.41) is 0.330. The molecule has 0 fully saturated rings. The molecule has 8 heteroatoms. The smallest absolute Gasteiger partial charge is 0.272 e. The molecule has 2 N–H and O–H groups in total. The zero-order valence-electron chi connectivity index (χ0n) is 14.7. The summed E-state index contributed by atoms with van der Waals surface area (Å²) in [6.07, 6.45) is 2.67. The van der Waals surface area contributed by atoms with Gasteiger partial charge in [-0.15, -0.1) is 0 Å². The Morgan fingerprint density at radius 3 is 2.63 bits per heavy atom. The van der Waals surface area contributed by atoms with Crippen LogP contribution in [0.1, 0.15) is 22.8 Å². The van der Waals surface area contributed by atoms with Gasteiger partial charge < -0.3 is 9.47 Å². The minimum atomic E-state index is -0.763. The molecule has 0 atom stereocenters. The number of halogens is 2. The zero-order chi connectivity index (χ0) is 19.8. The Hall–Kier alpha value is -3.06. The first kappa shape index (κ1) is 20.3. The molecule has 2 amide bonds. The Morgan fingerprint density at radius 2 is 1.96 bits per heavy atom. The number of nitrogens with one attached hydrogen (secondary N) is 2. The topological polar surface area (TPSA) is 76.7 Å². The van der Waals surface area contributed by atoms with Crippen molar-refractivity contribution < 1.29 is 23.5 Å². The maximum atomic E-state index is 13.5. The van der Waals surface area contributed by atoms with Crippen molar-refractivity contribution in [2.45, 2.75) is 6.92 Å². The SMILES string of the molecule is CCOc1cc(/C=C/C(=O)NNC(=O)c2ccccc2F)cc(Cl)c1OC. The standard InChI is InChI=1S/C19H18ClFN2O4/c1-3-27-16-11-12(10-14(20)18(16)26-2)8-9-17(24)22-23-19(25)13-6-4-5-7-15(13)21/h4-11H,3H2,1-2H3,(H,22,24)(H,23,25)/b9-8+. The van der Waals surface area contributed by atoms with Crippen LogP contribution >= 0.6 is 11.6 Å². The van der Waals surface area contributed by atoms with E-state index >= 15 is 0 Å². The highest BCUT2D eigenvalue weighted by molar-refractivity contribution is 6.32. The summed E-state index contributed by atoms with van der Waals surface area (Å²) in [5.41, 5.74) is 4.73. The highest BCUT2D eigenvalue weighted by Crippen LogP contribution is 2.36. The van der Waals surface area contributed by atoms with E-state index in [4.69, 9.17) is 21.1 Å². The van der Waals surface area contributed by atoms with Gasteiger partial charge in [0.2, 0.25) is 0 Å². The predicted octanol–water partition coefficient (Wildman–Crippen LogP) is 3.36. The Labute approximate surface area is 160 Å². The number of carbonyl (C=O) groups is 2. The van der Waals surface area contributed by atoms with Crippen LogP contribution in [0.4, 0.5) is 4.39 Å². The van der Waals surface area contributed by atoms with Gasteiger partial charge in [0, 0.05) is 6.08 Å². The summed E-state index contributed by atoms with van der Waals surface area (Å²) in [6, 6.07) is 8.70. The number of benzene rings is 2. The quantitative estimate of drug-likeness (QED) is 0.583. The highest BCUT2D eigenvalue weighted by atomic mass is 35.5. The third-order valence-corrected chi connectivity index (χ3v) is 3.66. The lowest BCUT2D eigenvalue weighted by Gasteiger charge is -2.11. The lowest BCUT2D eigenvalue weighted by Crippen LogP contribution is -2.41. The van der Waals surface area contributed by atoms with E-state index in [1.807, 2.05) is 6.92 Å². The van der Waals surface area contributed by atoms with Crippen LogP contribution in [0.25, 0.3) is 6.08 Å². The molecule has 0 radical (unpaired) electrons. The number of ether oxygens (including phenoxy) is 2. The minimum absolute atomic E-state index is 0.176. The van der Waals surface area contributed by atoms with Gasteiger partial charge >= 0.3 is 0 Å². The normalized spacial score (nSPS) is 10.5. The molecular weight excluding hydrogens is 375 g/mol. The van der Waals surface area contributed by atoms with Crippen LogP contribution in [-0.4, -0.2) is 25.5 Å². The summed E-state index contributed by atoms with van der Waals surface area (Å²) in [5.74, 6) is -1.21. The number of hydrogen-bond donors (Lipinski definition) is 2. The number of hydrogen-bond acceptors (Lipinski definition) is 4. The number of rotatable bonds is 6. The maximum absolute atomic E-state index is 13.5. The zero-order valence-corrected chi connectivity index (χ0v) is 15.5. The minimum Gasteiger partial charge on any atom is -0.491 e. The molecule has 142 valence electrons. The molecule has 2 aromatic rings. The van der Waals surface area contributed by atoms with Crippen molar-refractivity contribution >= 4 is 29.5 Å². The Bertz CT molecular complexity index is 871. The van der Waals surface area contributed by atoms with E-state index in [2.05, 4.69) is 10.9 Å². The van der Waals surface area contributed by atoms with Crippen LogP contribution in [0.15, 0.2) is 42.5 Å². The molecule has 2 rings (SSSR count). The fourth-order valence-corrected chi connectivity index (χ4v) is 2.49. The summed E-state index contributed by atoms with van der Waals surface area (Å²) >= 11 is 6.14. The second-order valence-corrected chi connectivity index (χ2v) is 5.63. The fraction of sp³-hybridized carbons (Fsp3) is 0.158. The first-order valence-corrected chi connectivity index (χ1v) is 8.37. The second kappa shape index (κ2) is 9.59. The second-order valence-electron chi connectivity index (χ2n) is 5.22. The first-order chi connectivity index (χ1) is 13.0. The molecule has 0 aliphatic heterocycles. The molecule has 0 unspecified atom stereocenters.